The standard InChI is InChI=1S/C19H20N2O2/c1-14-6-2-3-7-15(14)10-11-18(22)20-13-12-19-21-16-8-4-5-9-17(16)23-19/h2-9H,10-13H2,1H3,(H,20,22). The topological polar surface area (TPSA) is 55.1 Å². The molecule has 0 aliphatic carbocycles. The number of rotatable bonds is 6. The zero-order chi connectivity index (χ0) is 16.1. The summed E-state index contributed by atoms with van der Waals surface area (Å²) in [5.74, 6) is 0.717. The van der Waals surface area contributed by atoms with Gasteiger partial charge in [0.2, 0.25) is 5.91 Å². The molecular weight excluding hydrogens is 288 g/mol. The molecule has 0 saturated heterocycles. The lowest BCUT2D eigenvalue weighted by atomic mass is 10.0. The van der Waals surface area contributed by atoms with Gasteiger partial charge in [-0.05, 0) is 36.6 Å². The third-order valence-corrected chi connectivity index (χ3v) is 3.88. The number of hydrogen-bond acceptors (Lipinski definition) is 3. The summed E-state index contributed by atoms with van der Waals surface area (Å²) in [6.07, 6.45) is 1.87. The highest BCUT2D eigenvalue weighted by Crippen LogP contribution is 2.14. The minimum absolute atomic E-state index is 0.0596. The van der Waals surface area contributed by atoms with Crippen LogP contribution in [-0.4, -0.2) is 17.4 Å². The lowest BCUT2D eigenvalue weighted by molar-refractivity contribution is -0.121. The van der Waals surface area contributed by atoms with Crippen LogP contribution >= 0.6 is 0 Å². The number of carbonyl (C=O) groups is 1. The van der Waals surface area contributed by atoms with Gasteiger partial charge in [-0.25, -0.2) is 4.98 Å². The van der Waals surface area contributed by atoms with Gasteiger partial charge in [0.25, 0.3) is 0 Å². The fourth-order valence-corrected chi connectivity index (χ4v) is 2.56. The number of para-hydroxylation sites is 2. The van der Waals surface area contributed by atoms with Crippen molar-refractivity contribution < 1.29 is 9.21 Å². The van der Waals surface area contributed by atoms with Gasteiger partial charge < -0.3 is 9.73 Å². The van der Waals surface area contributed by atoms with Crippen molar-refractivity contribution in [2.75, 3.05) is 6.54 Å². The summed E-state index contributed by atoms with van der Waals surface area (Å²) in [7, 11) is 0. The smallest absolute Gasteiger partial charge is 0.220 e. The zero-order valence-electron chi connectivity index (χ0n) is 13.2. The fourth-order valence-electron chi connectivity index (χ4n) is 2.56. The van der Waals surface area contributed by atoms with Crippen molar-refractivity contribution in [2.45, 2.75) is 26.2 Å². The van der Waals surface area contributed by atoms with Crippen LogP contribution in [0.15, 0.2) is 52.9 Å². The molecule has 1 heterocycles. The van der Waals surface area contributed by atoms with Crippen molar-refractivity contribution in [3.8, 4) is 0 Å². The summed E-state index contributed by atoms with van der Waals surface area (Å²) < 4.78 is 5.63. The first-order valence-corrected chi connectivity index (χ1v) is 7.88. The van der Waals surface area contributed by atoms with Gasteiger partial charge in [0.15, 0.2) is 11.5 Å². The molecular formula is C19H20N2O2. The summed E-state index contributed by atoms with van der Waals surface area (Å²) in [4.78, 5) is 16.3. The normalized spacial score (nSPS) is 10.8. The first-order chi connectivity index (χ1) is 11.2. The summed E-state index contributed by atoms with van der Waals surface area (Å²) in [6, 6.07) is 15.8. The van der Waals surface area contributed by atoms with Crippen LogP contribution in [0.4, 0.5) is 0 Å². The van der Waals surface area contributed by atoms with E-state index in [2.05, 4.69) is 29.4 Å². The van der Waals surface area contributed by atoms with E-state index in [9.17, 15) is 4.79 Å². The van der Waals surface area contributed by atoms with Crippen LogP contribution in [0.2, 0.25) is 0 Å². The maximum Gasteiger partial charge on any atom is 0.220 e. The van der Waals surface area contributed by atoms with Crippen LogP contribution in [0, 0.1) is 6.92 Å². The molecule has 2 aromatic carbocycles. The quantitative estimate of drug-likeness (QED) is 0.759. The Morgan fingerprint density at radius 2 is 1.87 bits per heavy atom. The van der Waals surface area contributed by atoms with Crippen molar-refractivity contribution in [2.24, 2.45) is 0 Å². The Hall–Kier alpha value is -2.62. The van der Waals surface area contributed by atoms with Crippen LogP contribution in [0.5, 0.6) is 0 Å². The molecule has 3 rings (SSSR count). The summed E-state index contributed by atoms with van der Waals surface area (Å²) >= 11 is 0. The van der Waals surface area contributed by atoms with Crippen molar-refractivity contribution in [1.82, 2.24) is 10.3 Å². The molecule has 0 fully saturated rings. The molecule has 0 bridgehead atoms. The Kier molecular flexibility index (Phi) is 4.71. The minimum Gasteiger partial charge on any atom is -0.441 e. The molecule has 0 aliphatic heterocycles. The maximum atomic E-state index is 11.9. The number of nitrogens with zero attached hydrogens (tertiary/aromatic N) is 1. The molecule has 0 saturated carbocycles. The van der Waals surface area contributed by atoms with Crippen LogP contribution < -0.4 is 5.32 Å². The monoisotopic (exact) mass is 308 g/mol. The second kappa shape index (κ2) is 7.09. The molecule has 118 valence electrons. The second-order valence-corrected chi connectivity index (χ2v) is 5.60. The van der Waals surface area contributed by atoms with Gasteiger partial charge in [-0.15, -0.1) is 0 Å². The van der Waals surface area contributed by atoms with Gasteiger partial charge in [-0.3, -0.25) is 4.79 Å². The van der Waals surface area contributed by atoms with Crippen molar-refractivity contribution in [3.05, 3.63) is 65.5 Å². The Balaban J connectivity index is 1.45. The van der Waals surface area contributed by atoms with Gasteiger partial charge in [0.1, 0.15) is 5.52 Å². The molecule has 0 atom stereocenters. The van der Waals surface area contributed by atoms with Gasteiger partial charge in [0, 0.05) is 19.4 Å². The molecule has 4 nitrogen and oxygen atoms in total. The maximum absolute atomic E-state index is 11.9. The highest BCUT2D eigenvalue weighted by atomic mass is 16.3. The predicted molar refractivity (Wildman–Crippen MR) is 90.2 cm³/mol. The number of nitrogens with one attached hydrogen (secondary N) is 1. The second-order valence-electron chi connectivity index (χ2n) is 5.60. The number of benzene rings is 2. The number of hydrogen-bond donors (Lipinski definition) is 1. The minimum atomic E-state index is 0.0596. The van der Waals surface area contributed by atoms with E-state index < -0.39 is 0 Å². The molecule has 0 radical (unpaired) electrons. The Morgan fingerprint density at radius 3 is 2.70 bits per heavy atom. The highest BCUT2D eigenvalue weighted by Gasteiger charge is 2.07. The Bertz CT molecular complexity index is 775. The summed E-state index contributed by atoms with van der Waals surface area (Å²) in [5.41, 5.74) is 4.09. The Morgan fingerprint density at radius 1 is 1.09 bits per heavy atom. The van der Waals surface area contributed by atoms with E-state index in [0.717, 1.165) is 17.5 Å². The largest absolute Gasteiger partial charge is 0.441 e. The lowest BCUT2D eigenvalue weighted by Gasteiger charge is -2.06. The van der Waals surface area contributed by atoms with Crippen LogP contribution in [0.25, 0.3) is 11.1 Å². The number of amides is 1. The summed E-state index contributed by atoms with van der Waals surface area (Å²) in [5, 5.41) is 2.93. The van der Waals surface area contributed by atoms with E-state index in [-0.39, 0.29) is 5.91 Å². The fraction of sp³-hybridized carbons (Fsp3) is 0.263. The van der Waals surface area contributed by atoms with E-state index in [1.807, 2.05) is 36.4 Å². The van der Waals surface area contributed by atoms with Gasteiger partial charge in [-0.1, -0.05) is 36.4 Å². The number of oxazole rings is 1. The molecule has 23 heavy (non-hydrogen) atoms. The molecule has 1 N–H and O–H groups in total. The molecule has 0 unspecified atom stereocenters. The van der Waals surface area contributed by atoms with Gasteiger partial charge in [0.05, 0.1) is 0 Å². The first kappa shape index (κ1) is 15.3. The van der Waals surface area contributed by atoms with Crippen LogP contribution in [0.3, 0.4) is 0 Å². The van der Waals surface area contributed by atoms with E-state index >= 15 is 0 Å². The van der Waals surface area contributed by atoms with Crippen molar-refractivity contribution in [1.29, 1.82) is 0 Å². The number of aryl methyl sites for hydroxylation is 2. The molecule has 4 heteroatoms. The number of aromatic nitrogens is 1. The molecule has 3 aromatic rings. The van der Waals surface area contributed by atoms with Crippen molar-refractivity contribution >= 4 is 17.0 Å². The molecule has 0 aliphatic rings. The van der Waals surface area contributed by atoms with E-state index in [4.69, 9.17) is 4.42 Å². The summed E-state index contributed by atoms with van der Waals surface area (Å²) in [6.45, 7) is 2.61. The van der Waals surface area contributed by atoms with E-state index in [1.165, 1.54) is 11.1 Å². The third kappa shape index (κ3) is 3.97. The average Bonchev–Trinajstić information content (AvgIpc) is 2.97. The lowest BCUT2D eigenvalue weighted by Crippen LogP contribution is -2.26. The molecule has 1 amide bonds. The number of fused-ring (bicyclic) bond motifs is 1. The van der Waals surface area contributed by atoms with Gasteiger partial charge in [-0.2, -0.15) is 0 Å². The first-order valence-electron chi connectivity index (χ1n) is 7.88. The van der Waals surface area contributed by atoms with Crippen LogP contribution in [0.1, 0.15) is 23.4 Å². The van der Waals surface area contributed by atoms with E-state index in [0.29, 0.717) is 25.3 Å². The molecule has 1 aromatic heterocycles. The highest BCUT2D eigenvalue weighted by molar-refractivity contribution is 5.76. The number of carbonyl (C=O) groups excluding carboxylic acids is 1. The predicted octanol–water partition coefficient (Wildman–Crippen LogP) is 3.43. The van der Waals surface area contributed by atoms with Crippen LogP contribution in [-0.2, 0) is 17.6 Å². The van der Waals surface area contributed by atoms with E-state index in [1.54, 1.807) is 0 Å². The molecule has 0 spiro atoms. The third-order valence-electron chi connectivity index (χ3n) is 3.88. The van der Waals surface area contributed by atoms with Crippen molar-refractivity contribution in [3.63, 3.8) is 0 Å². The average molecular weight is 308 g/mol. The SMILES string of the molecule is Cc1ccccc1CCC(=O)NCCc1nc2ccccc2o1. The van der Waals surface area contributed by atoms with Gasteiger partial charge >= 0.3 is 0 Å². The zero-order valence-corrected chi connectivity index (χ0v) is 13.2. The Labute approximate surface area is 135 Å².